The zero-order chi connectivity index (χ0) is 34.7. The third-order valence-corrected chi connectivity index (χ3v) is 7.56. The molecule has 6 rings (SSSR count). The Morgan fingerprint density at radius 3 is 2.34 bits per heavy atom. The molecule has 0 bridgehead atoms. The maximum atomic E-state index is 13.5. The molecule has 2 aliphatic heterocycles. The second-order valence-corrected chi connectivity index (χ2v) is 10.8. The average molecular weight is 652 g/mol. The van der Waals surface area contributed by atoms with Gasteiger partial charge in [0.15, 0.2) is 0 Å². The Labute approximate surface area is 273 Å². The van der Waals surface area contributed by atoms with Gasteiger partial charge in [-0.25, -0.2) is 9.37 Å². The number of likely N-dealkylation sites (N-methyl/N-ethyl adjacent to an activating group) is 1. The van der Waals surface area contributed by atoms with Crippen LogP contribution in [0.1, 0.15) is 45.9 Å². The summed E-state index contributed by atoms with van der Waals surface area (Å²) in [5, 5.41) is 2.58. The minimum atomic E-state index is -4.42. The third kappa shape index (κ3) is 9.02. The highest BCUT2D eigenvalue weighted by atomic mass is 19.4. The summed E-state index contributed by atoms with van der Waals surface area (Å²) in [5.74, 6) is -1.70. The lowest BCUT2D eigenvalue weighted by Gasteiger charge is -2.21. The van der Waals surface area contributed by atoms with E-state index in [1.54, 1.807) is 0 Å². The summed E-state index contributed by atoms with van der Waals surface area (Å²) in [7, 11) is 2.97. The first-order valence-corrected chi connectivity index (χ1v) is 15.1. The van der Waals surface area contributed by atoms with E-state index in [1.807, 2.05) is 43.6 Å². The van der Waals surface area contributed by atoms with Crippen LogP contribution in [-0.4, -0.2) is 62.8 Å². The number of rotatable bonds is 7. The van der Waals surface area contributed by atoms with Crippen molar-refractivity contribution in [3.8, 4) is 28.1 Å². The van der Waals surface area contributed by atoms with E-state index in [4.69, 9.17) is 4.74 Å². The fourth-order valence-corrected chi connectivity index (χ4v) is 5.14. The summed E-state index contributed by atoms with van der Waals surface area (Å²) in [4.78, 5) is 21.5. The Morgan fingerprint density at radius 2 is 1.77 bits per heavy atom. The van der Waals surface area contributed by atoms with Crippen LogP contribution in [0.25, 0.3) is 22.4 Å². The van der Waals surface area contributed by atoms with Crippen molar-refractivity contribution in [3.63, 3.8) is 0 Å². The zero-order valence-corrected chi connectivity index (χ0v) is 27.1. The van der Waals surface area contributed by atoms with Crippen molar-refractivity contribution in [1.82, 2.24) is 15.3 Å². The fourth-order valence-electron chi connectivity index (χ4n) is 5.14. The monoisotopic (exact) mass is 651 g/mol. The van der Waals surface area contributed by atoms with Gasteiger partial charge in [-0.15, -0.1) is 13.2 Å². The Morgan fingerprint density at radius 1 is 1.09 bits per heavy atom. The zero-order valence-electron chi connectivity index (χ0n) is 27.1. The highest BCUT2D eigenvalue weighted by Crippen LogP contribution is 2.44. The predicted molar refractivity (Wildman–Crippen MR) is 180 cm³/mol. The second kappa shape index (κ2) is 16.8. The summed E-state index contributed by atoms with van der Waals surface area (Å²) in [6.07, 6.45) is 0.153. The highest BCUT2D eigenvalue weighted by molar-refractivity contribution is 5.87. The van der Waals surface area contributed by atoms with Crippen molar-refractivity contribution in [3.05, 3.63) is 108 Å². The number of aldehydes is 1. The first kappa shape index (κ1) is 36.9. The van der Waals surface area contributed by atoms with Crippen LogP contribution in [0.4, 0.5) is 23.2 Å². The van der Waals surface area contributed by atoms with Crippen LogP contribution in [0, 0.1) is 12.7 Å². The van der Waals surface area contributed by atoms with Gasteiger partial charge in [-0.05, 0) is 74.6 Å². The number of ether oxygens (including phenoxy) is 1. The van der Waals surface area contributed by atoms with Gasteiger partial charge >= 0.3 is 6.18 Å². The number of nitrogens with one attached hydrogen (secondary N) is 1. The number of carbonyl (C=O) groups excluding carboxylic acids is 1. The van der Waals surface area contributed by atoms with Gasteiger partial charge in [0.25, 0.3) is 0 Å². The van der Waals surface area contributed by atoms with Crippen molar-refractivity contribution < 1.29 is 27.1 Å². The average Bonchev–Trinajstić information content (AvgIpc) is 3.87. The smallest absolute Gasteiger partial charge is 0.398 e. The normalized spacial score (nSPS) is 14.9. The standard InChI is InChI=1S/C18H18F4N2O.C15H14N2O.C2H4.CH5N/c1-10-9-25-17-13(10)7-15(14(8-23-2)18(20,21)22)24-16(17)11-3-5-12(19)6-4-11;1-11-9-16-5-4-13(11)14-3-2-12(10-18)8-15(14)17-6-7-17;2*1-2/h3-7,10,14,23H,8-9H2,1-2H3;2-5,8-10H,6-7H2,1H3;1-2H2;2H2,1H3. The van der Waals surface area contributed by atoms with Gasteiger partial charge < -0.3 is 20.7 Å². The first-order chi connectivity index (χ1) is 22.6. The molecule has 0 aliphatic carbocycles. The molecule has 3 N–H and O–H groups in total. The number of carbonyl (C=O) groups is 1. The van der Waals surface area contributed by atoms with Crippen LogP contribution < -0.4 is 20.7 Å². The molecule has 2 unspecified atom stereocenters. The highest BCUT2D eigenvalue weighted by Gasteiger charge is 2.42. The number of pyridine rings is 2. The molecule has 0 amide bonds. The lowest BCUT2D eigenvalue weighted by Crippen LogP contribution is -2.30. The minimum absolute atomic E-state index is 0.0283. The molecule has 7 nitrogen and oxygen atoms in total. The Hall–Kier alpha value is -4.61. The van der Waals surface area contributed by atoms with Crippen LogP contribution in [-0.2, 0) is 0 Å². The fraction of sp³-hybridized carbons (Fsp3) is 0.306. The Kier molecular flexibility index (Phi) is 13.2. The molecule has 250 valence electrons. The minimum Gasteiger partial charge on any atom is -0.490 e. The van der Waals surface area contributed by atoms with E-state index in [1.165, 1.54) is 55.6 Å². The van der Waals surface area contributed by atoms with Crippen molar-refractivity contribution in [2.45, 2.75) is 31.9 Å². The number of fused-ring (bicyclic) bond motifs is 1. The number of halogens is 4. The van der Waals surface area contributed by atoms with Crippen LogP contribution in [0.5, 0.6) is 5.75 Å². The van der Waals surface area contributed by atoms with Crippen LogP contribution in [0.15, 0.2) is 80.1 Å². The van der Waals surface area contributed by atoms with Gasteiger partial charge in [0, 0.05) is 65.9 Å². The molecule has 4 heterocycles. The number of aromatic nitrogens is 2. The number of nitrogens with zero attached hydrogens (tertiary/aromatic N) is 3. The molecular formula is C36H41F4N5O2. The summed E-state index contributed by atoms with van der Waals surface area (Å²) in [5.41, 5.74) is 11.4. The Balaban J connectivity index is 0.000000240. The van der Waals surface area contributed by atoms with E-state index in [0.717, 1.165) is 36.2 Å². The number of aryl methyl sites for hydroxylation is 1. The van der Waals surface area contributed by atoms with Gasteiger partial charge in [-0.3, -0.25) is 9.78 Å². The molecule has 1 saturated heterocycles. The molecule has 4 aromatic rings. The second-order valence-electron chi connectivity index (χ2n) is 10.8. The summed E-state index contributed by atoms with van der Waals surface area (Å²) < 4.78 is 59.3. The number of hydrogen-bond donors (Lipinski definition) is 2. The Bertz CT molecular complexity index is 1630. The first-order valence-electron chi connectivity index (χ1n) is 15.1. The van der Waals surface area contributed by atoms with Crippen LogP contribution >= 0.6 is 0 Å². The van der Waals surface area contributed by atoms with E-state index in [-0.39, 0.29) is 18.2 Å². The van der Waals surface area contributed by atoms with E-state index >= 15 is 0 Å². The molecule has 11 heteroatoms. The van der Waals surface area contributed by atoms with Crippen LogP contribution in [0.2, 0.25) is 0 Å². The van der Waals surface area contributed by atoms with Crippen molar-refractivity contribution >= 4 is 12.0 Å². The molecular weight excluding hydrogens is 610 g/mol. The maximum Gasteiger partial charge on any atom is 0.398 e. The summed E-state index contributed by atoms with van der Waals surface area (Å²) in [6, 6.07) is 14.9. The summed E-state index contributed by atoms with van der Waals surface area (Å²) >= 11 is 0. The summed E-state index contributed by atoms with van der Waals surface area (Å²) in [6.45, 7) is 12.2. The van der Waals surface area contributed by atoms with Gasteiger partial charge in [0.2, 0.25) is 0 Å². The van der Waals surface area contributed by atoms with Gasteiger partial charge in [0.1, 0.15) is 29.5 Å². The number of hydrogen-bond acceptors (Lipinski definition) is 7. The largest absolute Gasteiger partial charge is 0.490 e. The quantitative estimate of drug-likeness (QED) is 0.0937. The van der Waals surface area contributed by atoms with Crippen molar-refractivity contribution in [2.24, 2.45) is 5.73 Å². The van der Waals surface area contributed by atoms with E-state index in [9.17, 15) is 22.4 Å². The van der Waals surface area contributed by atoms with Gasteiger partial charge in [0.05, 0.1) is 12.3 Å². The molecule has 2 aliphatic rings. The van der Waals surface area contributed by atoms with Crippen LogP contribution in [0.3, 0.4) is 0 Å². The molecule has 2 aromatic carbocycles. The SMILES string of the molecule is C=C.CN.CNCC(c1cc2c(c(-c3ccc(F)cc3)n1)OCC2C)C(F)(F)F.Cc1cnccc1-c1ccc(C=O)cc1N1CC1. The molecule has 0 saturated carbocycles. The molecule has 1 fully saturated rings. The topological polar surface area (TPSA) is 93.1 Å². The van der Waals surface area contributed by atoms with E-state index in [0.29, 0.717) is 29.2 Å². The van der Waals surface area contributed by atoms with E-state index < -0.39 is 17.9 Å². The lowest BCUT2D eigenvalue weighted by molar-refractivity contribution is -0.150. The lowest BCUT2D eigenvalue weighted by atomic mass is 9.95. The molecule has 47 heavy (non-hydrogen) atoms. The molecule has 2 atom stereocenters. The van der Waals surface area contributed by atoms with Gasteiger partial charge in [-0.2, -0.15) is 13.2 Å². The molecule has 0 spiro atoms. The third-order valence-electron chi connectivity index (χ3n) is 7.56. The molecule has 2 aromatic heterocycles. The van der Waals surface area contributed by atoms with Gasteiger partial charge in [-0.1, -0.05) is 19.1 Å². The maximum absolute atomic E-state index is 13.5. The van der Waals surface area contributed by atoms with Crippen molar-refractivity contribution in [2.75, 3.05) is 45.2 Å². The number of benzene rings is 2. The number of nitrogens with two attached hydrogens (primary N) is 1. The number of alkyl halides is 3. The molecule has 0 radical (unpaired) electrons. The van der Waals surface area contributed by atoms with E-state index in [2.05, 4.69) is 46.0 Å². The van der Waals surface area contributed by atoms with Crippen molar-refractivity contribution in [1.29, 1.82) is 0 Å². The predicted octanol–water partition coefficient (Wildman–Crippen LogP) is 7.32. The number of anilines is 1.